The zero-order chi connectivity index (χ0) is 66.4. The van der Waals surface area contributed by atoms with Crippen molar-refractivity contribution in [3.8, 4) is 73.7 Å². The molecule has 11 nitrogen and oxygen atoms in total. The second-order valence-electron chi connectivity index (χ2n) is 25.2. The van der Waals surface area contributed by atoms with Crippen molar-refractivity contribution >= 4 is 99.2 Å². The normalized spacial score (nSPS) is 11.7. The number of hydrogen-bond acceptors (Lipinski definition) is 7. The third kappa shape index (κ3) is 9.82. The van der Waals surface area contributed by atoms with Gasteiger partial charge < -0.3 is 32.2 Å². The van der Waals surface area contributed by atoms with Gasteiger partial charge in [-0.05, 0) is 173 Å². The molecule has 0 aliphatic heterocycles. The van der Waals surface area contributed by atoms with Crippen LogP contribution in [-0.2, 0) is 11.3 Å². The lowest BCUT2D eigenvalue weighted by Crippen LogP contribution is -2.11. The van der Waals surface area contributed by atoms with Gasteiger partial charge >= 0.3 is 11.9 Å². The number of rotatable bonds is 13. The Morgan fingerprint density at radius 1 is 0.280 bits per heavy atom. The minimum Gasteiger partial charge on any atom is -0.457 e. The molecule has 0 bridgehead atoms. The molecule has 0 amide bonds. The van der Waals surface area contributed by atoms with Gasteiger partial charge in [0, 0.05) is 77.0 Å². The van der Waals surface area contributed by atoms with Crippen molar-refractivity contribution in [3.05, 3.63) is 344 Å². The van der Waals surface area contributed by atoms with Gasteiger partial charge in [0.15, 0.2) is 0 Å². The van der Waals surface area contributed by atoms with E-state index in [9.17, 15) is 9.59 Å². The van der Waals surface area contributed by atoms with Crippen molar-refractivity contribution < 1.29 is 23.5 Å². The monoisotopic (exact) mass is 1290 g/mol. The van der Waals surface area contributed by atoms with Gasteiger partial charge in [-0.3, -0.25) is 0 Å². The number of fused-ring (bicyclic) bond motifs is 12. The molecule has 0 fully saturated rings. The maximum absolute atomic E-state index is 14.2. The molecule has 0 aliphatic rings. The van der Waals surface area contributed by atoms with Crippen LogP contribution >= 0.6 is 0 Å². The molecular weight excluding hydrogens is 1230 g/mol. The summed E-state index contributed by atoms with van der Waals surface area (Å²) in [5.74, 6) is -0.479. The second kappa shape index (κ2) is 23.6. The van der Waals surface area contributed by atoms with E-state index in [1.807, 2.05) is 6.07 Å². The van der Waals surface area contributed by atoms with Gasteiger partial charge in [0.05, 0.1) is 55.3 Å². The van der Waals surface area contributed by atoms with E-state index in [1.54, 1.807) is 36.4 Å². The standard InChI is InChI=1S/C89H56N6O5/c96-88(98-55-56-45-67(94-82-41-13-5-33-74(82)75-34-6-14-42-83(75)94)54-68(46-56)95-84-43-15-7-35-76(84)77-36-8-16-44-85(77)95)60-24-17-25-61(47-60)89(97)99-69-28-20-23-59(53-69)86-90-91-87(100-86)64-49-62(57-21-18-26-65(51-57)92-78-37-9-1-29-70(78)71-30-2-10-38-79(71)92)48-63(50-64)58-22-19-27-66(52-58)93-80-39-11-3-31-72(80)73-32-4-12-40-81(73)93/h1-54H,55H2. The number of aromatic nitrogens is 6. The highest BCUT2D eigenvalue weighted by atomic mass is 16.5. The average molecular weight is 1290 g/mol. The molecule has 11 heteroatoms. The van der Waals surface area contributed by atoms with Gasteiger partial charge in [0.25, 0.3) is 0 Å². The van der Waals surface area contributed by atoms with Crippen molar-refractivity contribution in [3.63, 3.8) is 0 Å². The van der Waals surface area contributed by atoms with Crippen molar-refractivity contribution in [1.29, 1.82) is 0 Å². The first-order valence-electron chi connectivity index (χ1n) is 33.3. The van der Waals surface area contributed by atoms with Crippen LogP contribution in [-0.4, -0.2) is 40.4 Å². The minimum absolute atomic E-state index is 0.0455. The predicted molar refractivity (Wildman–Crippen MR) is 400 cm³/mol. The van der Waals surface area contributed by atoms with Crippen molar-refractivity contribution in [2.24, 2.45) is 0 Å². The molecule has 0 aliphatic carbocycles. The number of esters is 2. The molecule has 0 unspecified atom stereocenters. The average Bonchev–Trinajstić information content (AvgIpc) is 1.44. The highest BCUT2D eigenvalue weighted by Crippen LogP contribution is 2.41. The van der Waals surface area contributed by atoms with Crippen molar-refractivity contribution in [1.82, 2.24) is 28.5 Å². The van der Waals surface area contributed by atoms with E-state index >= 15 is 0 Å². The maximum atomic E-state index is 14.2. The molecule has 0 radical (unpaired) electrons. The lowest BCUT2D eigenvalue weighted by molar-refractivity contribution is 0.0472. The highest BCUT2D eigenvalue weighted by molar-refractivity contribution is 6.13. The van der Waals surface area contributed by atoms with Gasteiger partial charge in [-0.25, -0.2) is 9.59 Å². The summed E-state index contributed by atoms with van der Waals surface area (Å²) in [6.07, 6.45) is 0. The number of carbonyl (C=O) groups is 2. The highest BCUT2D eigenvalue weighted by Gasteiger charge is 2.22. The molecule has 0 saturated carbocycles. The lowest BCUT2D eigenvalue weighted by Gasteiger charge is -2.16. The fourth-order valence-corrected chi connectivity index (χ4v) is 14.9. The van der Waals surface area contributed by atoms with E-state index in [4.69, 9.17) is 13.9 Å². The van der Waals surface area contributed by atoms with Crippen LogP contribution in [0.5, 0.6) is 5.75 Å². The molecule has 100 heavy (non-hydrogen) atoms. The van der Waals surface area contributed by atoms with Gasteiger partial charge in [-0.1, -0.05) is 182 Å². The molecule has 0 spiro atoms. The smallest absolute Gasteiger partial charge is 0.343 e. The fraction of sp³-hybridized carbons (Fsp3) is 0.0112. The molecule has 0 saturated heterocycles. The van der Waals surface area contributed by atoms with Crippen molar-refractivity contribution in [2.75, 3.05) is 0 Å². The molecule has 0 atom stereocenters. The summed E-state index contributed by atoms with van der Waals surface area (Å²) in [4.78, 5) is 28.4. The van der Waals surface area contributed by atoms with Crippen LogP contribution in [0.25, 0.3) is 155 Å². The molecule has 14 aromatic carbocycles. The Morgan fingerprint density at radius 3 is 1.04 bits per heavy atom. The van der Waals surface area contributed by atoms with Crippen LogP contribution < -0.4 is 4.74 Å². The molecule has 5 heterocycles. The zero-order valence-corrected chi connectivity index (χ0v) is 53.6. The molecular formula is C89H56N6O5. The van der Waals surface area contributed by atoms with E-state index in [1.165, 1.54) is 27.6 Å². The summed E-state index contributed by atoms with van der Waals surface area (Å²) in [7, 11) is 0. The Morgan fingerprint density at radius 2 is 0.620 bits per heavy atom. The number of benzene rings is 14. The van der Waals surface area contributed by atoms with Crippen LogP contribution in [0.15, 0.2) is 332 Å². The van der Waals surface area contributed by atoms with E-state index in [0.717, 1.165) is 116 Å². The van der Waals surface area contributed by atoms with Crippen LogP contribution in [0, 0.1) is 0 Å². The number of ether oxygens (including phenoxy) is 2. The van der Waals surface area contributed by atoms with Gasteiger partial charge in [0.1, 0.15) is 12.4 Å². The van der Waals surface area contributed by atoms with E-state index in [2.05, 4.69) is 308 Å². The Balaban J connectivity index is 0.621. The summed E-state index contributed by atoms with van der Waals surface area (Å²) in [6.45, 7) is -0.0455. The van der Waals surface area contributed by atoms with E-state index < -0.39 is 11.9 Å². The summed E-state index contributed by atoms with van der Waals surface area (Å²) >= 11 is 0. The van der Waals surface area contributed by atoms with Crippen molar-refractivity contribution in [2.45, 2.75) is 6.61 Å². The van der Waals surface area contributed by atoms with Crippen LogP contribution in [0.3, 0.4) is 0 Å². The van der Waals surface area contributed by atoms with Crippen LogP contribution in [0.2, 0.25) is 0 Å². The molecule has 0 N–H and O–H groups in total. The number of para-hydroxylation sites is 8. The topological polar surface area (TPSA) is 111 Å². The van der Waals surface area contributed by atoms with Gasteiger partial charge in [-0.2, -0.15) is 0 Å². The lowest BCUT2D eigenvalue weighted by atomic mass is 9.95. The number of carbonyl (C=O) groups excluding carboxylic acids is 2. The fourth-order valence-electron chi connectivity index (χ4n) is 14.9. The van der Waals surface area contributed by atoms with Crippen LogP contribution in [0.1, 0.15) is 26.3 Å². The third-order valence-corrected chi connectivity index (χ3v) is 19.3. The molecule has 5 aromatic heterocycles. The van der Waals surface area contributed by atoms with E-state index in [0.29, 0.717) is 17.0 Å². The number of nitrogens with zero attached hydrogens (tertiary/aromatic N) is 6. The SMILES string of the molecule is O=C(OCc1cc(-n2c3ccccc3c3ccccc32)cc(-n2c3ccccc3c3ccccc32)c1)c1cccc(C(=O)Oc2cccc(-c3nnc(-c4cc(-c5cccc(-n6c7ccccc7c7ccccc76)c5)cc(-c5cccc(-n6c7ccccc7c7ccccc76)c5)c4)o3)c2)c1. The summed E-state index contributed by atoms with van der Waals surface area (Å²) < 4.78 is 28.1. The first-order valence-corrected chi connectivity index (χ1v) is 33.3. The largest absolute Gasteiger partial charge is 0.457 e. The van der Waals surface area contributed by atoms with Gasteiger partial charge in [0.2, 0.25) is 11.8 Å². The number of hydrogen-bond donors (Lipinski definition) is 0. The maximum Gasteiger partial charge on any atom is 0.343 e. The first kappa shape index (κ1) is 57.8. The second-order valence-corrected chi connectivity index (χ2v) is 25.2. The Kier molecular flexibility index (Phi) is 13.6. The zero-order valence-electron chi connectivity index (χ0n) is 53.6. The molecule has 19 rings (SSSR count). The quantitative estimate of drug-likeness (QED) is 0.0835. The Labute approximate surface area is 572 Å². The Hall–Kier alpha value is -13.6. The summed E-state index contributed by atoms with van der Waals surface area (Å²) in [5, 5.41) is 18.6. The summed E-state index contributed by atoms with van der Waals surface area (Å²) in [6, 6.07) is 111. The first-order chi connectivity index (χ1) is 49.4. The molecule has 19 aromatic rings. The van der Waals surface area contributed by atoms with E-state index in [-0.39, 0.29) is 29.4 Å². The van der Waals surface area contributed by atoms with Crippen LogP contribution in [0.4, 0.5) is 0 Å². The minimum atomic E-state index is -0.665. The molecule has 472 valence electrons. The third-order valence-electron chi connectivity index (χ3n) is 19.3. The van der Waals surface area contributed by atoms with Gasteiger partial charge in [-0.15, -0.1) is 10.2 Å². The Bertz CT molecular complexity index is 6020. The predicted octanol–water partition coefficient (Wildman–Crippen LogP) is 21.7. The summed E-state index contributed by atoms with van der Waals surface area (Å²) in [5.41, 5.74) is 18.9.